The zero-order chi connectivity index (χ0) is 54.7. The second-order valence-corrected chi connectivity index (χ2v) is 23.9. The van der Waals surface area contributed by atoms with Crippen LogP contribution in [0.3, 0.4) is 0 Å². The zero-order valence-corrected chi connectivity index (χ0v) is 45.4. The first-order valence-corrected chi connectivity index (χ1v) is 25.5. The third kappa shape index (κ3) is 12.6. The summed E-state index contributed by atoms with van der Waals surface area (Å²) in [5.41, 5.74) is -15.5. The Bertz CT molecular complexity index is 1500. The summed E-state index contributed by atoms with van der Waals surface area (Å²) in [7, 11) is 0. The fourth-order valence-electron chi connectivity index (χ4n) is 13.7. The monoisotopic (exact) mass is 1010 g/mol. The lowest BCUT2D eigenvalue weighted by molar-refractivity contribution is -0.291. The first-order valence-electron chi connectivity index (χ1n) is 25.5. The van der Waals surface area contributed by atoms with Crippen LogP contribution >= 0.6 is 0 Å². The minimum atomic E-state index is -5.10. The van der Waals surface area contributed by atoms with Crippen LogP contribution < -0.4 is 0 Å². The number of halogens is 15. The highest BCUT2D eigenvalue weighted by Gasteiger charge is 2.67. The Morgan fingerprint density at radius 1 is 0.426 bits per heavy atom. The molecule has 13 atom stereocenters. The van der Waals surface area contributed by atoms with Crippen LogP contribution in [0, 0.1) is 91.2 Å². The van der Waals surface area contributed by atoms with Crippen LogP contribution in [0.25, 0.3) is 0 Å². The van der Waals surface area contributed by atoms with E-state index in [1.807, 2.05) is 0 Å². The quantitative estimate of drug-likeness (QED) is 0.0720. The van der Waals surface area contributed by atoms with Gasteiger partial charge in [0.05, 0.1) is 27.1 Å². The molecule has 0 aliphatic carbocycles. The molecule has 0 spiro atoms. The molecule has 0 rings (SSSR count). The molecule has 68 heavy (non-hydrogen) atoms. The van der Waals surface area contributed by atoms with Crippen molar-refractivity contribution in [2.75, 3.05) is 0 Å². The first-order chi connectivity index (χ1) is 30.1. The van der Waals surface area contributed by atoms with Gasteiger partial charge in [0.2, 0.25) is 0 Å². The summed E-state index contributed by atoms with van der Waals surface area (Å²) in [5, 5.41) is 0. The minimum Gasteiger partial charge on any atom is -0.170 e. The average molecular weight is 1020 g/mol. The van der Waals surface area contributed by atoms with Crippen molar-refractivity contribution in [1.29, 1.82) is 0 Å². The molecule has 15 heteroatoms. The summed E-state index contributed by atoms with van der Waals surface area (Å²) in [6.45, 7) is 27.3. The van der Waals surface area contributed by atoms with Crippen molar-refractivity contribution in [3.63, 3.8) is 0 Å². The lowest BCUT2D eigenvalue weighted by Crippen LogP contribution is -2.55. The Kier molecular flexibility index (Phi) is 22.7. The van der Waals surface area contributed by atoms with Gasteiger partial charge in [-0.1, -0.05) is 151 Å². The SMILES string of the molecule is CCCC(CCC(C)C(C)(C(C)CC(CC)[C@](C)(C(C)CC(C)(CC)C(C)(C(C)C)C(F)(F)F)C(F)(F)F)C(F)(F)F)(C(C(C)C)C(C)CC(C)CC(C)(C(F)(F)F)C(C)(CC)CC)C(F)(F)F. The molecule has 0 nitrogen and oxygen atoms in total. The maximum absolute atomic E-state index is 16.0. The molecule has 0 radical (unpaired) electrons. The van der Waals surface area contributed by atoms with Crippen molar-refractivity contribution >= 4 is 0 Å². The Morgan fingerprint density at radius 2 is 0.868 bits per heavy atom. The third-order valence-electron chi connectivity index (χ3n) is 20.1. The van der Waals surface area contributed by atoms with Gasteiger partial charge < -0.3 is 0 Å². The molecule has 410 valence electrons. The smallest absolute Gasteiger partial charge is 0.170 e. The molecular weight excluding hydrogens is 922 g/mol. The van der Waals surface area contributed by atoms with E-state index in [4.69, 9.17) is 0 Å². The Morgan fingerprint density at radius 3 is 1.18 bits per heavy atom. The molecule has 0 fully saturated rings. The summed E-state index contributed by atoms with van der Waals surface area (Å²) in [6, 6.07) is 0. The molecule has 0 aromatic heterocycles. The van der Waals surface area contributed by atoms with E-state index in [-0.39, 0.29) is 44.9 Å². The van der Waals surface area contributed by atoms with Crippen LogP contribution in [0.5, 0.6) is 0 Å². The van der Waals surface area contributed by atoms with Crippen LogP contribution in [-0.4, -0.2) is 30.9 Å². The highest BCUT2D eigenvalue weighted by molar-refractivity contribution is 5.05. The molecular formula is C53H93F15. The molecule has 0 saturated carbocycles. The van der Waals surface area contributed by atoms with Gasteiger partial charge in [-0.15, -0.1) is 0 Å². The molecule has 0 aromatic carbocycles. The molecule has 0 aliphatic rings. The largest absolute Gasteiger partial charge is 0.395 e. The Hall–Kier alpha value is -1.05. The zero-order valence-electron chi connectivity index (χ0n) is 45.4. The Labute approximate surface area is 402 Å². The molecule has 12 unspecified atom stereocenters. The molecule has 0 aromatic rings. The van der Waals surface area contributed by atoms with Crippen LogP contribution in [0.4, 0.5) is 65.9 Å². The third-order valence-corrected chi connectivity index (χ3v) is 20.1. The van der Waals surface area contributed by atoms with Gasteiger partial charge in [-0.2, -0.15) is 65.9 Å². The van der Waals surface area contributed by atoms with Gasteiger partial charge in [0.15, 0.2) is 0 Å². The van der Waals surface area contributed by atoms with Gasteiger partial charge in [0.1, 0.15) is 0 Å². The van der Waals surface area contributed by atoms with Gasteiger partial charge in [0.25, 0.3) is 0 Å². The van der Waals surface area contributed by atoms with Gasteiger partial charge in [0, 0.05) is 0 Å². The molecule has 0 saturated heterocycles. The predicted octanol–water partition coefficient (Wildman–Crippen LogP) is 21.3. The second kappa shape index (κ2) is 23.0. The van der Waals surface area contributed by atoms with Gasteiger partial charge in [-0.05, 0) is 128 Å². The maximum Gasteiger partial charge on any atom is 0.395 e. The fraction of sp³-hybridized carbons (Fsp3) is 1.00. The number of hydrogen-bond acceptors (Lipinski definition) is 0. The van der Waals surface area contributed by atoms with E-state index in [2.05, 4.69) is 0 Å². The lowest BCUT2D eigenvalue weighted by atomic mass is 9.52. The van der Waals surface area contributed by atoms with Crippen molar-refractivity contribution in [1.82, 2.24) is 0 Å². The summed E-state index contributed by atoms with van der Waals surface area (Å²) in [4.78, 5) is 0. The summed E-state index contributed by atoms with van der Waals surface area (Å²) in [5.74, 6) is -10.5. The summed E-state index contributed by atoms with van der Waals surface area (Å²) in [6.07, 6.45) is -27.8. The first kappa shape index (κ1) is 67.0. The Balaban J connectivity index is 7.49. The standard InChI is InChI=1S/C53H93F15/c1-21-27-48(53(66,67)68,41(33(6)7)36(11)29-35(10)31-44(17,49(54,55)56)42(15,23-3)24-4)28-26-37(12)45(18,50(57,58)59)38(13)30-40(22-2)46(19,51(60,61)62)39(14)32-43(16,25-5)47(20,34(8)9)52(63,64)65/h33-41H,21-32H2,1-20H3/t35?,36?,37?,38?,39?,40?,41?,43?,44?,45?,46-,47?,48?/m0/s1. The fourth-order valence-corrected chi connectivity index (χ4v) is 13.7. The van der Waals surface area contributed by atoms with Gasteiger partial charge in [-0.25, -0.2) is 0 Å². The van der Waals surface area contributed by atoms with E-state index >= 15 is 39.5 Å². The molecule has 0 heterocycles. The van der Waals surface area contributed by atoms with E-state index in [1.165, 1.54) is 62.3 Å². The summed E-state index contributed by atoms with van der Waals surface area (Å²) >= 11 is 0. The molecule has 0 bridgehead atoms. The maximum atomic E-state index is 16.0. The van der Waals surface area contributed by atoms with Crippen molar-refractivity contribution in [3.05, 3.63) is 0 Å². The van der Waals surface area contributed by atoms with E-state index in [0.717, 1.165) is 20.8 Å². The van der Waals surface area contributed by atoms with Crippen LogP contribution in [0.15, 0.2) is 0 Å². The highest BCUT2D eigenvalue weighted by Crippen LogP contribution is 2.65. The van der Waals surface area contributed by atoms with Crippen molar-refractivity contribution in [3.8, 4) is 0 Å². The average Bonchev–Trinajstić information content (AvgIpc) is 3.17. The van der Waals surface area contributed by atoms with Crippen molar-refractivity contribution in [2.24, 2.45) is 91.2 Å². The topological polar surface area (TPSA) is 0 Å². The van der Waals surface area contributed by atoms with E-state index in [0.29, 0.717) is 0 Å². The minimum absolute atomic E-state index is 0.00550. The number of alkyl halides is 15. The van der Waals surface area contributed by atoms with Gasteiger partial charge in [-0.3, -0.25) is 0 Å². The lowest BCUT2D eigenvalue weighted by Gasteiger charge is -2.54. The normalized spacial score (nSPS) is 22.7. The van der Waals surface area contributed by atoms with E-state index in [9.17, 15) is 26.3 Å². The van der Waals surface area contributed by atoms with E-state index < -0.39 is 154 Å². The number of rotatable bonds is 27. The second-order valence-electron chi connectivity index (χ2n) is 23.9. The van der Waals surface area contributed by atoms with E-state index in [1.54, 1.807) is 55.4 Å². The van der Waals surface area contributed by atoms with Gasteiger partial charge >= 0.3 is 30.9 Å². The predicted molar refractivity (Wildman–Crippen MR) is 248 cm³/mol. The van der Waals surface area contributed by atoms with Crippen molar-refractivity contribution < 1.29 is 65.9 Å². The summed E-state index contributed by atoms with van der Waals surface area (Å²) < 4.78 is 231. The van der Waals surface area contributed by atoms with Crippen LogP contribution in [-0.2, 0) is 0 Å². The van der Waals surface area contributed by atoms with Crippen LogP contribution in [0.1, 0.15) is 216 Å². The number of hydrogen-bond donors (Lipinski definition) is 0. The molecule has 0 N–H and O–H groups in total. The van der Waals surface area contributed by atoms with Crippen molar-refractivity contribution in [2.45, 2.75) is 246 Å². The molecule has 0 aliphatic heterocycles. The highest BCUT2D eigenvalue weighted by atomic mass is 19.4. The molecule has 0 amide bonds. The van der Waals surface area contributed by atoms with Crippen LogP contribution in [0.2, 0.25) is 0 Å².